The summed E-state index contributed by atoms with van der Waals surface area (Å²) in [5, 5.41) is 11.3. The van der Waals surface area contributed by atoms with Crippen LogP contribution in [0.4, 0.5) is 11.4 Å². The number of nitrogens with zero attached hydrogens (tertiary/aromatic N) is 2. The zero-order valence-electron chi connectivity index (χ0n) is 12.5. The molecule has 0 spiro atoms. The topological polar surface area (TPSA) is 76.8 Å². The standard InChI is InChI=1S/C18H17ClN4/c19-12-4-3-5-13(10-12)22-23-18-9-8-15(17(21)11-20)14-6-1-2-7-16(14)18/h1-10,17H,11,20-21H2. The number of azo groups is 1. The van der Waals surface area contributed by atoms with Gasteiger partial charge >= 0.3 is 0 Å². The Balaban J connectivity index is 2.05. The van der Waals surface area contributed by atoms with Crippen LogP contribution >= 0.6 is 11.6 Å². The summed E-state index contributed by atoms with van der Waals surface area (Å²) in [6, 6.07) is 18.9. The van der Waals surface area contributed by atoms with Gasteiger partial charge in [-0.15, -0.1) is 5.11 Å². The van der Waals surface area contributed by atoms with Crippen molar-refractivity contribution in [2.24, 2.45) is 21.7 Å². The lowest BCUT2D eigenvalue weighted by atomic mass is 9.98. The third-order valence-electron chi connectivity index (χ3n) is 3.67. The largest absolute Gasteiger partial charge is 0.329 e. The molecular formula is C18H17ClN4. The van der Waals surface area contributed by atoms with Crippen molar-refractivity contribution in [3.8, 4) is 0 Å². The maximum absolute atomic E-state index is 6.10. The Labute approximate surface area is 139 Å². The molecule has 3 aromatic carbocycles. The van der Waals surface area contributed by atoms with Gasteiger partial charge in [0, 0.05) is 23.0 Å². The maximum Gasteiger partial charge on any atom is 0.0935 e. The lowest BCUT2D eigenvalue weighted by molar-refractivity contribution is 0.743. The van der Waals surface area contributed by atoms with Crippen molar-refractivity contribution in [3.63, 3.8) is 0 Å². The van der Waals surface area contributed by atoms with Gasteiger partial charge in [0.2, 0.25) is 0 Å². The summed E-state index contributed by atoms with van der Waals surface area (Å²) in [6.45, 7) is 0.396. The first-order chi connectivity index (χ1) is 11.2. The molecule has 4 nitrogen and oxygen atoms in total. The number of rotatable bonds is 4. The minimum Gasteiger partial charge on any atom is -0.329 e. The molecule has 0 amide bonds. The van der Waals surface area contributed by atoms with E-state index in [0.29, 0.717) is 17.3 Å². The van der Waals surface area contributed by atoms with E-state index in [4.69, 9.17) is 23.1 Å². The highest BCUT2D eigenvalue weighted by molar-refractivity contribution is 6.30. The van der Waals surface area contributed by atoms with Gasteiger partial charge in [0.1, 0.15) is 0 Å². The quantitative estimate of drug-likeness (QED) is 0.672. The minimum atomic E-state index is -0.196. The van der Waals surface area contributed by atoms with Crippen LogP contribution in [0.25, 0.3) is 10.8 Å². The fourth-order valence-corrected chi connectivity index (χ4v) is 2.68. The Kier molecular flexibility index (Phi) is 4.67. The second kappa shape index (κ2) is 6.87. The van der Waals surface area contributed by atoms with E-state index in [2.05, 4.69) is 10.2 Å². The zero-order chi connectivity index (χ0) is 16.2. The highest BCUT2D eigenvalue weighted by Crippen LogP contribution is 2.32. The van der Waals surface area contributed by atoms with Crippen molar-refractivity contribution in [1.29, 1.82) is 0 Å². The fraction of sp³-hybridized carbons (Fsp3) is 0.111. The lowest BCUT2D eigenvalue weighted by Crippen LogP contribution is -2.20. The van der Waals surface area contributed by atoms with Crippen LogP contribution < -0.4 is 11.5 Å². The minimum absolute atomic E-state index is 0.196. The Hall–Kier alpha value is -2.27. The summed E-state index contributed by atoms with van der Waals surface area (Å²) < 4.78 is 0. The number of hydrogen-bond acceptors (Lipinski definition) is 4. The maximum atomic E-state index is 6.10. The average Bonchev–Trinajstić information content (AvgIpc) is 2.59. The summed E-state index contributed by atoms with van der Waals surface area (Å²) in [6.07, 6.45) is 0. The fourth-order valence-electron chi connectivity index (χ4n) is 2.49. The molecule has 0 heterocycles. The van der Waals surface area contributed by atoms with E-state index in [1.165, 1.54) is 0 Å². The van der Waals surface area contributed by atoms with E-state index in [9.17, 15) is 0 Å². The predicted molar refractivity (Wildman–Crippen MR) is 95.6 cm³/mol. The van der Waals surface area contributed by atoms with Gasteiger partial charge in [-0.1, -0.05) is 48.0 Å². The summed E-state index contributed by atoms with van der Waals surface area (Å²) in [7, 11) is 0. The van der Waals surface area contributed by atoms with Crippen LogP contribution in [0.3, 0.4) is 0 Å². The molecule has 0 aliphatic heterocycles. The van der Waals surface area contributed by atoms with Crippen molar-refractivity contribution < 1.29 is 0 Å². The molecular weight excluding hydrogens is 308 g/mol. The molecule has 116 valence electrons. The third-order valence-corrected chi connectivity index (χ3v) is 3.90. The van der Waals surface area contributed by atoms with Gasteiger partial charge in [-0.3, -0.25) is 0 Å². The summed E-state index contributed by atoms with van der Waals surface area (Å²) in [5.41, 5.74) is 14.3. The van der Waals surface area contributed by atoms with E-state index >= 15 is 0 Å². The summed E-state index contributed by atoms with van der Waals surface area (Å²) in [5.74, 6) is 0. The molecule has 0 saturated carbocycles. The molecule has 1 unspecified atom stereocenters. The van der Waals surface area contributed by atoms with Crippen LogP contribution in [0.2, 0.25) is 5.02 Å². The Bertz CT molecular complexity index is 861. The highest BCUT2D eigenvalue weighted by atomic mass is 35.5. The smallest absolute Gasteiger partial charge is 0.0935 e. The van der Waals surface area contributed by atoms with Gasteiger partial charge in [-0.2, -0.15) is 5.11 Å². The molecule has 0 radical (unpaired) electrons. The molecule has 1 atom stereocenters. The van der Waals surface area contributed by atoms with Crippen LogP contribution in [0.15, 0.2) is 70.9 Å². The molecule has 0 aliphatic carbocycles. The molecule has 0 bridgehead atoms. The van der Waals surface area contributed by atoms with Crippen molar-refractivity contribution in [2.75, 3.05) is 6.54 Å². The van der Waals surface area contributed by atoms with Crippen LogP contribution in [-0.2, 0) is 0 Å². The predicted octanol–water partition coefficient (Wildman–Crippen LogP) is 4.87. The second-order valence-corrected chi connectivity index (χ2v) is 5.68. The van der Waals surface area contributed by atoms with Gasteiger partial charge in [-0.05, 0) is 35.2 Å². The Morgan fingerprint density at radius 2 is 1.70 bits per heavy atom. The monoisotopic (exact) mass is 324 g/mol. The number of nitrogens with two attached hydrogens (primary N) is 2. The van der Waals surface area contributed by atoms with Gasteiger partial charge in [0.05, 0.1) is 11.4 Å². The second-order valence-electron chi connectivity index (χ2n) is 5.24. The third kappa shape index (κ3) is 3.40. The molecule has 0 saturated heterocycles. The number of fused-ring (bicyclic) bond motifs is 1. The zero-order valence-corrected chi connectivity index (χ0v) is 13.2. The molecule has 3 aromatic rings. The normalized spacial score (nSPS) is 12.8. The molecule has 3 rings (SSSR count). The molecule has 0 fully saturated rings. The van der Waals surface area contributed by atoms with Gasteiger partial charge in [0.15, 0.2) is 0 Å². The van der Waals surface area contributed by atoms with E-state index in [1.54, 1.807) is 12.1 Å². The van der Waals surface area contributed by atoms with Crippen molar-refractivity contribution >= 4 is 33.7 Å². The van der Waals surface area contributed by atoms with E-state index in [1.807, 2.05) is 48.5 Å². The van der Waals surface area contributed by atoms with Crippen LogP contribution in [0, 0.1) is 0 Å². The summed E-state index contributed by atoms with van der Waals surface area (Å²) >= 11 is 5.97. The SMILES string of the molecule is NCC(N)c1ccc(N=Nc2cccc(Cl)c2)c2ccccc12. The first-order valence-electron chi connectivity index (χ1n) is 7.33. The summed E-state index contributed by atoms with van der Waals surface area (Å²) in [4.78, 5) is 0. The number of hydrogen-bond donors (Lipinski definition) is 2. The molecule has 0 aromatic heterocycles. The average molecular weight is 325 g/mol. The van der Waals surface area contributed by atoms with Crippen LogP contribution in [0.5, 0.6) is 0 Å². The lowest BCUT2D eigenvalue weighted by Gasteiger charge is -2.13. The first-order valence-corrected chi connectivity index (χ1v) is 7.71. The van der Waals surface area contributed by atoms with Crippen molar-refractivity contribution in [2.45, 2.75) is 6.04 Å². The number of benzene rings is 3. The molecule has 23 heavy (non-hydrogen) atoms. The molecule has 4 N–H and O–H groups in total. The first kappa shape index (κ1) is 15.6. The molecule has 0 aliphatic rings. The van der Waals surface area contributed by atoms with Gasteiger partial charge < -0.3 is 11.5 Å². The van der Waals surface area contributed by atoms with Crippen LogP contribution in [-0.4, -0.2) is 6.54 Å². The van der Waals surface area contributed by atoms with Crippen molar-refractivity contribution in [3.05, 3.63) is 71.2 Å². The Morgan fingerprint density at radius 1 is 0.913 bits per heavy atom. The van der Waals surface area contributed by atoms with Crippen LogP contribution in [0.1, 0.15) is 11.6 Å². The Morgan fingerprint density at radius 3 is 2.43 bits per heavy atom. The van der Waals surface area contributed by atoms with Gasteiger partial charge in [-0.25, -0.2) is 0 Å². The molecule has 5 heteroatoms. The highest BCUT2D eigenvalue weighted by Gasteiger charge is 2.10. The van der Waals surface area contributed by atoms with E-state index in [-0.39, 0.29) is 6.04 Å². The van der Waals surface area contributed by atoms with Crippen molar-refractivity contribution in [1.82, 2.24) is 0 Å². The number of halogens is 1. The van der Waals surface area contributed by atoms with E-state index < -0.39 is 0 Å². The van der Waals surface area contributed by atoms with E-state index in [0.717, 1.165) is 22.0 Å². The van der Waals surface area contributed by atoms with Gasteiger partial charge in [0.25, 0.3) is 0 Å².